The van der Waals surface area contributed by atoms with Crippen LogP contribution in [0.25, 0.3) is 5.69 Å². The van der Waals surface area contributed by atoms with Gasteiger partial charge in [0.1, 0.15) is 47.6 Å². The molecular weight excluding hydrogens is 616 g/mol. The summed E-state index contributed by atoms with van der Waals surface area (Å²) in [6.07, 6.45) is 1.86. The number of halogens is 4. The number of nitrogen functional groups attached to an aromatic ring is 1. The van der Waals surface area contributed by atoms with Crippen molar-refractivity contribution in [2.45, 2.75) is 37.8 Å². The third-order valence-corrected chi connectivity index (χ3v) is 8.01. The van der Waals surface area contributed by atoms with Crippen LogP contribution in [-0.2, 0) is 9.53 Å². The number of anilines is 1. The summed E-state index contributed by atoms with van der Waals surface area (Å²) >= 11 is 0. The predicted molar refractivity (Wildman–Crippen MR) is 155 cm³/mol. The Morgan fingerprint density at radius 2 is 1.59 bits per heavy atom. The number of rotatable bonds is 9. The van der Waals surface area contributed by atoms with Gasteiger partial charge in [-0.1, -0.05) is 0 Å². The molecular formula is C31H30F4N4O7. The van der Waals surface area contributed by atoms with Crippen LogP contribution in [0.1, 0.15) is 41.6 Å². The molecule has 1 unspecified atom stereocenters. The van der Waals surface area contributed by atoms with Crippen molar-refractivity contribution in [2.75, 3.05) is 38.5 Å². The molecule has 0 bridgehead atoms. The third-order valence-electron chi connectivity index (χ3n) is 8.01. The Morgan fingerprint density at radius 1 is 0.913 bits per heavy atom. The minimum absolute atomic E-state index is 0.0436. The maximum Gasteiger partial charge on any atom is 0.408 e. The minimum Gasteiger partial charge on any atom is -0.492 e. The van der Waals surface area contributed by atoms with E-state index >= 15 is 8.78 Å². The van der Waals surface area contributed by atoms with Gasteiger partial charge in [-0.25, -0.2) is 27.2 Å². The number of hydrogen-bond acceptors (Lipinski definition) is 8. The van der Waals surface area contributed by atoms with Crippen LogP contribution in [0.3, 0.4) is 0 Å². The van der Waals surface area contributed by atoms with Crippen molar-refractivity contribution in [2.24, 2.45) is 0 Å². The lowest BCUT2D eigenvalue weighted by Gasteiger charge is -2.38. The summed E-state index contributed by atoms with van der Waals surface area (Å²) in [5.41, 5.74) is 3.08. The summed E-state index contributed by atoms with van der Waals surface area (Å²) in [4.78, 5) is 52.9. The number of benzene rings is 2. The second-order valence-corrected chi connectivity index (χ2v) is 11.0. The molecule has 1 atom stereocenters. The number of ketones is 1. The van der Waals surface area contributed by atoms with E-state index in [1.807, 2.05) is 0 Å². The van der Waals surface area contributed by atoms with Crippen LogP contribution in [0, 0.1) is 23.3 Å². The van der Waals surface area contributed by atoms with Gasteiger partial charge in [0, 0.05) is 50.4 Å². The molecule has 15 heteroatoms. The maximum absolute atomic E-state index is 15.3. The van der Waals surface area contributed by atoms with E-state index in [1.165, 1.54) is 0 Å². The summed E-state index contributed by atoms with van der Waals surface area (Å²) in [6, 6.07) is 4.59. The fourth-order valence-corrected chi connectivity index (χ4v) is 5.65. The van der Waals surface area contributed by atoms with E-state index in [0.717, 1.165) is 67.0 Å². The molecule has 3 N–H and O–H groups in total. The van der Waals surface area contributed by atoms with Gasteiger partial charge in [0.05, 0.1) is 11.1 Å². The number of ether oxygens (including phenoxy) is 2. The number of amides is 1. The number of carbonyl (C=O) groups excluding carboxylic acids is 2. The Bertz CT molecular complexity index is 1700. The molecule has 2 fully saturated rings. The van der Waals surface area contributed by atoms with Crippen LogP contribution in [0.15, 0.2) is 47.3 Å². The van der Waals surface area contributed by atoms with Crippen molar-refractivity contribution in [3.63, 3.8) is 0 Å². The number of piperazine rings is 1. The van der Waals surface area contributed by atoms with Crippen LogP contribution in [0.5, 0.6) is 5.75 Å². The van der Waals surface area contributed by atoms with Gasteiger partial charge in [-0.3, -0.25) is 24.0 Å². The number of aromatic nitrogens is 1. The van der Waals surface area contributed by atoms with Gasteiger partial charge in [0.15, 0.2) is 17.4 Å². The van der Waals surface area contributed by atoms with Crippen molar-refractivity contribution in [3.05, 3.63) is 87.2 Å². The van der Waals surface area contributed by atoms with Crippen LogP contribution >= 0.6 is 0 Å². The first-order valence-electron chi connectivity index (χ1n) is 14.5. The van der Waals surface area contributed by atoms with E-state index in [1.54, 1.807) is 4.90 Å². The lowest BCUT2D eigenvalue weighted by Crippen LogP contribution is -2.59. The van der Waals surface area contributed by atoms with Gasteiger partial charge < -0.3 is 20.3 Å². The standard InChI is InChI=1S/C31H30F4N4O7/c32-17-5-6-20(22(33)13-17)28(41)21-7-8-26(40)39(29(21)36)27-23(34)14-19(15-24(27)35)45-12-11-37-9-10-38(31(43)44)25(16-37)30(42)46-18-3-1-2-4-18/h5-8,13-15,18,25H,1-4,9-12,16,36H2,(H,43,44). The highest BCUT2D eigenvalue weighted by Gasteiger charge is 2.37. The largest absolute Gasteiger partial charge is 0.492 e. The number of carbonyl (C=O) groups is 3. The first-order valence-corrected chi connectivity index (χ1v) is 14.5. The molecule has 1 aliphatic heterocycles. The predicted octanol–water partition coefficient (Wildman–Crippen LogP) is 3.74. The van der Waals surface area contributed by atoms with Crippen LogP contribution in [-0.4, -0.2) is 82.3 Å². The Hall–Kier alpha value is -4.92. The van der Waals surface area contributed by atoms with Gasteiger partial charge >= 0.3 is 12.1 Å². The van der Waals surface area contributed by atoms with Gasteiger partial charge in [0.25, 0.3) is 5.56 Å². The molecule has 0 spiro atoms. The molecule has 2 aromatic carbocycles. The maximum atomic E-state index is 15.3. The fraction of sp³-hybridized carbons (Fsp3) is 0.355. The highest BCUT2D eigenvalue weighted by atomic mass is 19.1. The number of hydrogen-bond donors (Lipinski definition) is 2. The number of esters is 1. The van der Waals surface area contributed by atoms with Crippen LogP contribution < -0.4 is 16.0 Å². The number of pyridine rings is 1. The molecule has 244 valence electrons. The van der Waals surface area contributed by atoms with Crippen LogP contribution in [0.2, 0.25) is 0 Å². The monoisotopic (exact) mass is 646 g/mol. The molecule has 1 saturated heterocycles. The number of carboxylic acid groups (broad SMARTS) is 1. The molecule has 1 saturated carbocycles. The second-order valence-electron chi connectivity index (χ2n) is 11.0. The first-order chi connectivity index (χ1) is 21.9. The highest BCUT2D eigenvalue weighted by molar-refractivity contribution is 6.11. The summed E-state index contributed by atoms with van der Waals surface area (Å²) in [5, 5.41) is 9.57. The number of nitrogens with zero attached hydrogens (tertiary/aromatic N) is 3. The first kappa shape index (κ1) is 32.5. The normalized spacial score (nSPS) is 17.2. The Labute approximate surface area is 259 Å². The summed E-state index contributed by atoms with van der Waals surface area (Å²) < 4.78 is 69.6. The molecule has 46 heavy (non-hydrogen) atoms. The SMILES string of the molecule is Nc1c(C(=O)c2ccc(F)cc2F)ccc(=O)n1-c1c(F)cc(OCCN2CCN(C(=O)O)C(C(=O)OC3CCCC3)C2)cc1F. The molecule has 1 aliphatic carbocycles. The third kappa shape index (κ3) is 6.83. The molecule has 3 aromatic rings. The van der Waals surface area contributed by atoms with E-state index in [4.69, 9.17) is 15.2 Å². The molecule has 11 nitrogen and oxygen atoms in total. The van der Waals surface area contributed by atoms with Gasteiger partial charge in [-0.2, -0.15) is 0 Å². The van der Waals surface area contributed by atoms with Gasteiger partial charge in [-0.15, -0.1) is 0 Å². The van der Waals surface area contributed by atoms with E-state index in [2.05, 4.69) is 0 Å². The lowest BCUT2D eigenvalue weighted by molar-refractivity contribution is -0.156. The van der Waals surface area contributed by atoms with Crippen LogP contribution in [0.4, 0.5) is 28.2 Å². The molecule has 0 radical (unpaired) electrons. The van der Waals surface area contributed by atoms with Crippen molar-refractivity contribution >= 4 is 23.7 Å². The zero-order valence-electron chi connectivity index (χ0n) is 24.4. The van der Waals surface area contributed by atoms with E-state index in [0.29, 0.717) is 10.6 Å². The Balaban J connectivity index is 1.28. The van der Waals surface area contributed by atoms with Crippen molar-refractivity contribution < 1.29 is 46.5 Å². The minimum atomic E-state index is -1.26. The zero-order chi connectivity index (χ0) is 33.1. The quantitative estimate of drug-likeness (QED) is 0.202. The summed E-state index contributed by atoms with van der Waals surface area (Å²) in [6.45, 7) is 0.460. The van der Waals surface area contributed by atoms with Gasteiger partial charge in [0.2, 0.25) is 0 Å². The molecule has 2 aliphatic rings. The average molecular weight is 647 g/mol. The molecule has 1 amide bonds. The van der Waals surface area contributed by atoms with E-state index in [-0.39, 0.29) is 44.6 Å². The average Bonchev–Trinajstić information content (AvgIpc) is 3.51. The van der Waals surface area contributed by atoms with E-state index in [9.17, 15) is 33.1 Å². The topological polar surface area (TPSA) is 144 Å². The van der Waals surface area contributed by atoms with Crippen molar-refractivity contribution in [3.8, 4) is 11.4 Å². The second kappa shape index (κ2) is 13.6. The van der Waals surface area contributed by atoms with E-state index < -0.39 is 75.3 Å². The zero-order valence-corrected chi connectivity index (χ0v) is 24.4. The summed E-state index contributed by atoms with van der Waals surface area (Å²) in [5.74, 6) is -7.21. The highest BCUT2D eigenvalue weighted by Crippen LogP contribution is 2.28. The Morgan fingerprint density at radius 3 is 2.24 bits per heavy atom. The molecule has 2 heterocycles. The van der Waals surface area contributed by atoms with Gasteiger partial charge in [-0.05, 0) is 43.9 Å². The molecule has 5 rings (SSSR count). The lowest BCUT2D eigenvalue weighted by atomic mass is 10.0. The van der Waals surface area contributed by atoms with Crippen molar-refractivity contribution in [1.82, 2.24) is 14.4 Å². The fourth-order valence-electron chi connectivity index (χ4n) is 5.65. The molecule has 1 aromatic heterocycles. The Kier molecular flexibility index (Phi) is 9.60. The smallest absolute Gasteiger partial charge is 0.408 e. The number of nitrogens with two attached hydrogens (primary N) is 1. The summed E-state index contributed by atoms with van der Waals surface area (Å²) in [7, 11) is 0. The van der Waals surface area contributed by atoms with Crippen molar-refractivity contribution in [1.29, 1.82) is 0 Å².